The van der Waals surface area contributed by atoms with Gasteiger partial charge in [0.15, 0.2) is 0 Å². The summed E-state index contributed by atoms with van der Waals surface area (Å²) in [7, 11) is 0. The molecule has 0 atom stereocenters. The molecule has 0 aliphatic rings. The fourth-order valence-corrected chi connectivity index (χ4v) is 3.60. The fourth-order valence-electron chi connectivity index (χ4n) is 3.60. The van der Waals surface area contributed by atoms with E-state index < -0.39 is 0 Å². The summed E-state index contributed by atoms with van der Waals surface area (Å²) in [5.74, 6) is 0.836. The van der Waals surface area contributed by atoms with E-state index in [2.05, 4.69) is 10.3 Å². The topological polar surface area (TPSA) is 68.6 Å². The van der Waals surface area contributed by atoms with E-state index in [1.807, 2.05) is 85.0 Å². The summed E-state index contributed by atoms with van der Waals surface area (Å²) in [6, 6.07) is 15.9. The van der Waals surface area contributed by atoms with Crippen LogP contribution in [0.4, 0.5) is 4.79 Å². The van der Waals surface area contributed by atoms with Crippen LogP contribution in [0.15, 0.2) is 67.3 Å². The highest BCUT2D eigenvalue weighted by atomic mass is 16.5. The van der Waals surface area contributed by atoms with Gasteiger partial charge in [-0.05, 0) is 56.0 Å². The maximum atomic E-state index is 13.2. The van der Waals surface area contributed by atoms with Crippen LogP contribution in [0.2, 0.25) is 0 Å². The lowest BCUT2D eigenvalue weighted by molar-refractivity contribution is 0.0652. The maximum absolute atomic E-state index is 13.2. The molecule has 0 aliphatic heterocycles. The molecule has 182 valence electrons. The van der Waals surface area contributed by atoms with Crippen molar-refractivity contribution in [2.45, 2.75) is 59.5 Å². The van der Waals surface area contributed by atoms with Gasteiger partial charge in [-0.25, -0.2) is 9.78 Å². The molecular formula is C27H36N4O3. The van der Waals surface area contributed by atoms with E-state index in [0.29, 0.717) is 32.8 Å². The standard InChI is InChI=1S/C27H36N4O3/c1-4-33-26-12-10-23(11-13-26)19-31(16-7-15-30-17-14-28-21-30)27(32)29-18-24-8-5-6-9-25(24)20-34-22(2)3/h5-6,8-14,17,21-22H,4,7,15-16,18-20H2,1-3H3,(H,29,32). The second-order valence-corrected chi connectivity index (χ2v) is 8.44. The highest BCUT2D eigenvalue weighted by Crippen LogP contribution is 2.15. The van der Waals surface area contributed by atoms with Gasteiger partial charge in [0, 0.05) is 38.6 Å². The molecule has 0 saturated carbocycles. The molecule has 0 fully saturated rings. The number of imidazole rings is 1. The monoisotopic (exact) mass is 464 g/mol. The Hall–Kier alpha value is -3.32. The molecule has 0 unspecified atom stereocenters. The Morgan fingerprint density at radius 2 is 1.88 bits per heavy atom. The molecule has 3 rings (SSSR count). The number of nitrogens with one attached hydrogen (secondary N) is 1. The molecule has 3 aromatic rings. The van der Waals surface area contributed by atoms with Gasteiger partial charge in [0.1, 0.15) is 5.75 Å². The first kappa shape index (κ1) is 25.3. The smallest absolute Gasteiger partial charge is 0.317 e. The molecular weight excluding hydrogens is 428 g/mol. The average molecular weight is 465 g/mol. The van der Waals surface area contributed by atoms with Gasteiger partial charge >= 0.3 is 6.03 Å². The summed E-state index contributed by atoms with van der Waals surface area (Å²) in [5.41, 5.74) is 3.22. The van der Waals surface area contributed by atoms with Gasteiger partial charge in [-0.15, -0.1) is 0 Å². The van der Waals surface area contributed by atoms with Crippen molar-refractivity contribution in [2.75, 3.05) is 13.2 Å². The average Bonchev–Trinajstić information content (AvgIpc) is 3.36. The quantitative estimate of drug-likeness (QED) is 0.386. The minimum absolute atomic E-state index is 0.0842. The van der Waals surface area contributed by atoms with E-state index in [0.717, 1.165) is 35.4 Å². The number of hydrogen-bond acceptors (Lipinski definition) is 4. The van der Waals surface area contributed by atoms with Crippen LogP contribution in [0.3, 0.4) is 0 Å². The Balaban J connectivity index is 1.63. The van der Waals surface area contributed by atoms with Crippen LogP contribution < -0.4 is 10.1 Å². The van der Waals surface area contributed by atoms with Crippen LogP contribution in [-0.4, -0.2) is 39.7 Å². The van der Waals surface area contributed by atoms with Crippen LogP contribution in [0.5, 0.6) is 5.75 Å². The summed E-state index contributed by atoms with van der Waals surface area (Å²) in [6.45, 7) is 9.60. The van der Waals surface area contributed by atoms with E-state index in [-0.39, 0.29) is 12.1 Å². The summed E-state index contributed by atoms with van der Waals surface area (Å²) in [5, 5.41) is 3.11. The number of amides is 2. The molecule has 0 bridgehead atoms. The zero-order valence-electron chi connectivity index (χ0n) is 20.4. The first-order chi connectivity index (χ1) is 16.5. The molecule has 1 N–H and O–H groups in total. The lowest BCUT2D eigenvalue weighted by Gasteiger charge is -2.24. The van der Waals surface area contributed by atoms with E-state index in [1.165, 1.54) is 0 Å². The van der Waals surface area contributed by atoms with E-state index >= 15 is 0 Å². The number of carbonyl (C=O) groups is 1. The zero-order valence-corrected chi connectivity index (χ0v) is 20.4. The number of ether oxygens (including phenoxy) is 2. The first-order valence-electron chi connectivity index (χ1n) is 11.9. The number of urea groups is 1. The van der Waals surface area contributed by atoms with Crippen molar-refractivity contribution in [1.29, 1.82) is 0 Å². The summed E-state index contributed by atoms with van der Waals surface area (Å²) >= 11 is 0. The van der Waals surface area contributed by atoms with Crippen molar-refractivity contribution >= 4 is 6.03 Å². The number of aromatic nitrogens is 2. The third-order valence-corrected chi connectivity index (χ3v) is 5.42. The highest BCUT2D eigenvalue weighted by molar-refractivity contribution is 5.74. The van der Waals surface area contributed by atoms with Crippen LogP contribution in [-0.2, 0) is 31.0 Å². The van der Waals surface area contributed by atoms with Gasteiger partial charge in [-0.3, -0.25) is 0 Å². The minimum Gasteiger partial charge on any atom is -0.494 e. The third kappa shape index (κ3) is 8.23. The van der Waals surface area contributed by atoms with Gasteiger partial charge < -0.3 is 24.3 Å². The SMILES string of the molecule is CCOc1ccc(CN(CCCn2ccnc2)C(=O)NCc2ccccc2COC(C)C)cc1. The lowest BCUT2D eigenvalue weighted by atomic mass is 10.1. The lowest BCUT2D eigenvalue weighted by Crippen LogP contribution is -2.40. The number of rotatable bonds is 13. The molecule has 7 heteroatoms. The van der Waals surface area contributed by atoms with Crippen molar-refractivity contribution in [3.05, 3.63) is 83.9 Å². The Labute approximate surface area is 202 Å². The molecule has 0 saturated heterocycles. The number of hydrogen-bond donors (Lipinski definition) is 1. The van der Waals surface area contributed by atoms with Gasteiger partial charge in [0.05, 0.1) is 25.6 Å². The van der Waals surface area contributed by atoms with Crippen molar-refractivity contribution in [3.8, 4) is 5.75 Å². The molecule has 0 radical (unpaired) electrons. The van der Waals surface area contributed by atoms with Crippen LogP contribution in [0.1, 0.15) is 43.9 Å². The summed E-state index contributed by atoms with van der Waals surface area (Å²) < 4.78 is 13.3. The van der Waals surface area contributed by atoms with Gasteiger partial charge in [0.2, 0.25) is 0 Å². The summed E-state index contributed by atoms with van der Waals surface area (Å²) in [4.78, 5) is 19.2. The molecule has 1 aromatic heterocycles. The second-order valence-electron chi connectivity index (χ2n) is 8.44. The number of benzene rings is 2. The summed E-state index contributed by atoms with van der Waals surface area (Å²) in [6.07, 6.45) is 6.49. The van der Waals surface area contributed by atoms with Crippen LogP contribution in [0.25, 0.3) is 0 Å². The van der Waals surface area contributed by atoms with Crippen molar-refractivity contribution in [2.24, 2.45) is 0 Å². The van der Waals surface area contributed by atoms with Crippen LogP contribution in [0, 0.1) is 0 Å². The predicted molar refractivity (Wildman–Crippen MR) is 133 cm³/mol. The highest BCUT2D eigenvalue weighted by Gasteiger charge is 2.15. The van der Waals surface area contributed by atoms with Gasteiger partial charge in [-0.2, -0.15) is 0 Å². The van der Waals surface area contributed by atoms with Crippen molar-refractivity contribution < 1.29 is 14.3 Å². The van der Waals surface area contributed by atoms with E-state index in [1.54, 1.807) is 12.5 Å². The largest absolute Gasteiger partial charge is 0.494 e. The van der Waals surface area contributed by atoms with Crippen molar-refractivity contribution in [1.82, 2.24) is 19.8 Å². The fraction of sp³-hybridized carbons (Fsp3) is 0.407. The van der Waals surface area contributed by atoms with E-state index in [9.17, 15) is 4.79 Å². The van der Waals surface area contributed by atoms with E-state index in [4.69, 9.17) is 9.47 Å². The second kappa shape index (κ2) is 13.4. The van der Waals surface area contributed by atoms with Crippen LogP contribution >= 0.6 is 0 Å². The molecule has 34 heavy (non-hydrogen) atoms. The molecule has 0 spiro atoms. The Bertz CT molecular complexity index is 987. The minimum atomic E-state index is -0.0842. The maximum Gasteiger partial charge on any atom is 0.317 e. The first-order valence-corrected chi connectivity index (χ1v) is 11.9. The van der Waals surface area contributed by atoms with Crippen molar-refractivity contribution in [3.63, 3.8) is 0 Å². The Morgan fingerprint density at radius 1 is 1.12 bits per heavy atom. The zero-order chi connectivity index (χ0) is 24.2. The number of carbonyl (C=O) groups excluding carboxylic acids is 1. The molecule has 0 aliphatic carbocycles. The molecule has 1 heterocycles. The Kier molecular flexibility index (Phi) is 9.98. The Morgan fingerprint density at radius 3 is 2.56 bits per heavy atom. The predicted octanol–water partition coefficient (Wildman–Crippen LogP) is 5.01. The van der Waals surface area contributed by atoms with Gasteiger partial charge in [-0.1, -0.05) is 36.4 Å². The van der Waals surface area contributed by atoms with Gasteiger partial charge in [0.25, 0.3) is 0 Å². The number of nitrogens with zero attached hydrogens (tertiary/aromatic N) is 3. The molecule has 7 nitrogen and oxygen atoms in total. The third-order valence-electron chi connectivity index (χ3n) is 5.42. The number of aryl methyl sites for hydroxylation is 1. The molecule has 2 aromatic carbocycles. The normalized spacial score (nSPS) is 10.9. The molecule has 2 amide bonds.